The van der Waals surface area contributed by atoms with E-state index in [0.29, 0.717) is 48.1 Å². The van der Waals surface area contributed by atoms with Crippen LogP contribution in [0.3, 0.4) is 0 Å². The van der Waals surface area contributed by atoms with E-state index in [2.05, 4.69) is 5.32 Å². The van der Waals surface area contributed by atoms with Gasteiger partial charge in [0.05, 0.1) is 31.9 Å². The van der Waals surface area contributed by atoms with Crippen molar-refractivity contribution >= 4 is 12.2 Å². The Labute approximate surface area is 176 Å². The van der Waals surface area contributed by atoms with Gasteiger partial charge in [-0.1, -0.05) is 19.9 Å². The Morgan fingerprint density at radius 1 is 1.13 bits per heavy atom. The first kappa shape index (κ1) is 21.5. The first-order chi connectivity index (χ1) is 14.5. The molecule has 0 aromatic heterocycles. The van der Waals surface area contributed by atoms with E-state index in [0.717, 1.165) is 12.0 Å². The number of methoxy groups -OCH3 is 1. The second-order valence-electron chi connectivity index (χ2n) is 7.36. The molecular formula is C23H27NO6. The van der Waals surface area contributed by atoms with E-state index in [9.17, 15) is 9.59 Å². The third-order valence-corrected chi connectivity index (χ3v) is 4.82. The van der Waals surface area contributed by atoms with Gasteiger partial charge in [0, 0.05) is 6.42 Å². The Balaban J connectivity index is 1.68. The lowest BCUT2D eigenvalue weighted by Gasteiger charge is -2.24. The highest BCUT2D eigenvalue weighted by Gasteiger charge is 2.21. The monoisotopic (exact) mass is 413 g/mol. The lowest BCUT2D eigenvalue weighted by atomic mass is 9.95. The summed E-state index contributed by atoms with van der Waals surface area (Å²) in [6.45, 7) is 5.08. The molecule has 160 valence electrons. The minimum Gasteiger partial charge on any atom is -0.497 e. The maximum atomic E-state index is 12.6. The zero-order chi connectivity index (χ0) is 21.5. The molecule has 2 aromatic rings. The molecule has 0 saturated heterocycles. The molecule has 1 aliphatic rings. The number of nitrogens with one attached hydrogen (secondary N) is 1. The van der Waals surface area contributed by atoms with Crippen LogP contribution in [0.15, 0.2) is 36.4 Å². The summed E-state index contributed by atoms with van der Waals surface area (Å²) < 4.78 is 22.1. The van der Waals surface area contributed by atoms with Crippen molar-refractivity contribution in [1.82, 2.24) is 5.32 Å². The summed E-state index contributed by atoms with van der Waals surface area (Å²) >= 11 is 0. The third kappa shape index (κ3) is 5.23. The molecule has 0 bridgehead atoms. The molecule has 1 atom stereocenters. The van der Waals surface area contributed by atoms with Gasteiger partial charge in [0.15, 0.2) is 24.4 Å². The number of amides is 1. The van der Waals surface area contributed by atoms with Crippen molar-refractivity contribution in [2.24, 2.45) is 5.92 Å². The summed E-state index contributed by atoms with van der Waals surface area (Å²) in [6.07, 6.45) is 1.50. The Bertz CT molecular complexity index is 895. The molecule has 1 N–H and O–H groups in total. The van der Waals surface area contributed by atoms with Crippen molar-refractivity contribution in [2.75, 3.05) is 26.9 Å². The van der Waals surface area contributed by atoms with Gasteiger partial charge in [0.25, 0.3) is 5.91 Å². The summed E-state index contributed by atoms with van der Waals surface area (Å²) in [7, 11) is 1.52. The molecular weight excluding hydrogens is 386 g/mol. The van der Waals surface area contributed by atoms with Gasteiger partial charge >= 0.3 is 0 Å². The number of benzene rings is 2. The standard InChI is InChI=1S/C23H27NO6/c1-15(2)23(16-5-7-20-21(12-16)29-10-4-9-28-20)24-22(26)14-30-19-8-6-18(27-3)11-17(19)13-25/h5-8,11-13,15,23H,4,9-10,14H2,1-3H3,(H,24,26)/t23-/m1/s1. The van der Waals surface area contributed by atoms with E-state index in [-0.39, 0.29) is 24.5 Å². The number of fused-ring (bicyclic) bond motifs is 1. The number of aldehydes is 1. The van der Waals surface area contributed by atoms with Gasteiger partial charge in [-0.2, -0.15) is 0 Å². The van der Waals surface area contributed by atoms with Crippen molar-refractivity contribution < 1.29 is 28.5 Å². The molecule has 1 heterocycles. The summed E-state index contributed by atoms with van der Waals surface area (Å²) in [6, 6.07) is 10.4. The molecule has 1 aliphatic heterocycles. The molecule has 0 fully saturated rings. The van der Waals surface area contributed by atoms with E-state index in [4.69, 9.17) is 18.9 Å². The van der Waals surface area contributed by atoms with Gasteiger partial charge in [-0.15, -0.1) is 0 Å². The molecule has 30 heavy (non-hydrogen) atoms. The smallest absolute Gasteiger partial charge is 0.258 e. The quantitative estimate of drug-likeness (QED) is 0.667. The predicted molar refractivity (Wildman–Crippen MR) is 112 cm³/mol. The lowest BCUT2D eigenvalue weighted by molar-refractivity contribution is -0.124. The fourth-order valence-electron chi connectivity index (χ4n) is 3.24. The lowest BCUT2D eigenvalue weighted by Crippen LogP contribution is -2.35. The first-order valence-electron chi connectivity index (χ1n) is 9.96. The highest BCUT2D eigenvalue weighted by molar-refractivity contribution is 5.81. The van der Waals surface area contributed by atoms with Crippen molar-refractivity contribution in [3.05, 3.63) is 47.5 Å². The predicted octanol–water partition coefficient (Wildman–Crippen LogP) is 3.56. The van der Waals surface area contributed by atoms with Crippen molar-refractivity contribution in [1.29, 1.82) is 0 Å². The second kappa shape index (κ2) is 10.0. The van der Waals surface area contributed by atoms with Gasteiger partial charge in [-0.3, -0.25) is 9.59 Å². The van der Waals surface area contributed by atoms with E-state index in [1.165, 1.54) is 7.11 Å². The number of hydrogen-bond donors (Lipinski definition) is 1. The Morgan fingerprint density at radius 3 is 2.60 bits per heavy atom. The SMILES string of the molecule is COc1ccc(OCC(=O)N[C@@H](c2ccc3c(c2)OCCCO3)C(C)C)c(C=O)c1. The van der Waals surface area contributed by atoms with Gasteiger partial charge in [-0.05, 0) is 41.8 Å². The van der Waals surface area contributed by atoms with Crippen LogP contribution in [-0.4, -0.2) is 39.1 Å². The Hall–Kier alpha value is -3.22. The molecule has 1 amide bonds. The summed E-state index contributed by atoms with van der Waals surface area (Å²) in [5, 5.41) is 3.01. The van der Waals surface area contributed by atoms with Crippen LogP contribution in [-0.2, 0) is 4.79 Å². The average Bonchev–Trinajstić information content (AvgIpc) is 3.00. The topological polar surface area (TPSA) is 83.1 Å². The van der Waals surface area contributed by atoms with Crippen LogP contribution >= 0.6 is 0 Å². The van der Waals surface area contributed by atoms with E-state index in [1.54, 1.807) is 18.2 Å². The molecule has 7 heteroatoms. The first-order valence-corrected chi connectivity index (χ1v) is 9.96. The highest BCUT2D eigenvalue weighted by atomic mass is 16.5. The fourth-order valence-corrected chi connectivity index (χ4v) is 3.24. The number of hydrogen-bond acceptors (Lipinski definition) is 6. The number of carbonyl (C=O) groups is 2. The van der Waals surface area contributed by atoms with E-state index >= 15 is 0 Å². The number of carbonyl (C=O) groups excluding carboxylic acids is 2. The molecule has 0 unspecified atom stereocenters. The van der Waals surface area contributed by atoms with E-state index in [1.807, 2.05) is 32.0 Å². The second-order valence-corrected chi connectivity index (χ2v) is 7.36. The van der Waals surface area contributed by atoms with Crippen LogP contribution in [0.5, 0.6) is 23.0 Å². The third-order valence-electron chi connectivity index (χ3n) is 4.82. The van der Waals surface area contributed by atoms with E-state index < -0.39 is 0 Å². The van der Waals surface area contributed by atoms with Crippen molar-refractivity contribution in [2.45, 2.75) is 26.3 Å². The van der Waals surface area contributed by atoms with Gasteiger partial charge < -0.3 is 24.3 Å². The maximum Gasteiger partial charge on any atom is 0.258 e. The molecule has 7 nitrogen and oxygen atoms in total. The summed E-state index contributed by atoms with van der Waals surface area (Å²) in [5.74, 6) is 2.14. The zero-order valence-electron chi connectivity index (χ0n) is 17.5. The molecule has 0 radical (unpaired) electrons. The molecule has 3 rings (SSSR count). The van der Waals surface area contributed by atoms with Crippen LogP contribution < -0.4 is 24.3 Å². The minimum atomic E-state index is -0.284. The Kier molecular flexibility index (Phi) is 7.17. The van der Waals surface area contributed by atoms with Crippen LogP contribution in [0, 0.1) is 5.92 Å². The van der Waals surface area contributed by atoms with Gasteiger partial charge in [0.1, 0.15) is 11.5 Å². The molecule has 2 aromatic carbocycles. The number of rotatable bonds is 8. The Morgan fingerprint density at radius 2 is 1.90 bits per heavy atom. The van der Waals surface area contributed by atoms with Crippen LogP contribution in [0.2, 0.25) is 0 Å². The van der Waals surface area contributed by atoms with Crippen LogP contribution in [0.1, 0.15) is 42.2 Å². The van der Waals surface area contributed by atoms with Crippen LogP contribution in [0.25, 0.3) is 0 Å². The van der Waals surface area contributed by atoms with Crippen LogP contribution in [0.4, 0.5) is 0 Å². The maximum absolute atomic E-state index is 12.6. The number of ether oxygens (including phenoxy) is 4. The fraction of sp³-hybridized carbons (Fsp3) is 0.391. The normalized spacial score (nSPS) is 13.9. The molecule has 0 spiro atoms. The molecule has 0 aliphatic carbocycles. The molecule has 0 saturated carbocycles. The van der Waals surface area contributed by atoms with Gasteiger partial charge in [-0.25, -0.2) is 0 Å². The van der Waals surface area contributed by atoms with Crippen molar-refractivity contribution in [3.63, 3.8) is 0 Å². The van der Waals surface area contributed by atoms with Crippen molar-refractivity contribution in [3.8, 4) is 23.0 Å². The average molecular weight is 413 g/mol. The largest absolute Gasteiger partial charge is 0.497 e. The van der Waals surface area contributed by atoms with Gasteiger partial charge in [0.2, 0.25) is 0 Å². The summed E-state index contributed by atoms with van der Waals surface area (Å²) in [4.78, 5) is 23.8. The highest BCUT2D eigenvalue weighted by Crippen LogP contribution is 2.34. The summed E-state index contributed by atoms with van der Waals surface area (Å²) in [5.41, 5.74) is 1.26. The minimum absolute atomic E-state index is 0.144. The zero-order valence-corrected chi connectivity index (χ0v) is 17.5.